The Kier molecular flexibility index (Phi) is 6.01. The van der Waals surface area contributed by atoms with Crippen LogP contribution in [-0.2, 0) is 6.42 Å². The molecule has 0 saturated heterocycles. The molecular weight excluding hydrogens is 263 g/mol. The molecule has 1 heterocycles. The van der Waals surface area contributed by atoms with Crippen molar-refractivity contribution in [2.24, 2.45) is 0 Å². The summed E-state index contributed by atoms with van der Waals surface area (Å²) < 4.78 is 40.2. The Morgan fingerprint density at radius 1 is 1.39 bits per heavy atom. The van der Waals surface area contributed by atoms with Crippen molar-refractivity contribution in [3.63, 3.8) is 0 Å². The van der Waals surface area contributed by atoms with Gasteiger partial charge in [0, 0.05) is 12.5 Å². The first kappa shape index (κ1) is 15.4. The molecule has 0 saturated carbocycles. The molecule has 0 aliphatic heterocycles. The lowest BCUT2D eigenvalue weighted by molar-refractivity contribution is -0.135. The van der Waals surface area contributed by atoms with E-state index in [1.807, 2.05) is 6.92 Å². The van der Waals surface area contributed by atoms with Crippen molar-refractivity contribution in [1.82, 2.24) is 14.9 Å². The highest BCUT2D eigenvalue weighted by atomic mass is 32.1. The molecule has 3 nitrogen and oxygen atoms in total. The smallest absolute Gasteiger partial charge is 0.312 e. The van der Waals surface area contributed by atoms with Gasteiger partial charge in [0.2, 0.25) is 0 Å². The van der Waals surface area contributed by atoms with Crippen molar-refractivity contribution in [2.45, 2.75) is 51.2 Å². The number of hydrogen-bond donors (Lipinski definition) is 1. The fraction of sp³-hybridized carbons (Fsp3) is 0.818. The van der Waals surface area contributed by atoms with Crippen LogP contribution in [0.5, 0.6) is 0 Å². The van der Waals surface area contributed by atoms with Crippen LogP contribution in [0, 0.1) is 0 Å². The molecule has 1 aromatic heterocycles. The average Bonchev–Trinajstić information content (AvgIpc) is 2.72. The lowest BCUT2D eigenvalue weighted by Crippen LogP contribution is -2.18. The number of nitrogens with one attached hydrogen (secondary N) is 1. The van der Waals surface area contributed by atoms with E-state index in [0.29, 0.717) is 6.42 Å². The maximum absolute atomic E-state index is 12.1. The van der Waals surface area contributed by atoms with Gasteiger partial charge < -0.3 is 5.32 Å². The normalized spacial score (nSPS) is 13.8. The highest BCUT2D eigenvalue weighted by Gasteiger charge is 2.27. The van der Waals surface area contributed by atoms with Gasteiger partial charge in [0.05, 0.1) is 10.6 Å². The Hall–Kier alpha value is -0.690. The third-order valence-electron chi connectivity index (χ3n) is 2.69. The zero-order chi connectivity index (χ0) is 13.6. The molecule has 104 valence electrons. The number of halogens is 3. The van der Waals surface area contributed by atoms with Crippen molar-refractivity contribution in [2.75, 3.05) is 7.05 Å². The molecule has 0 spiro atoms. The standard InChI is InChI=1S/C11H18F3N3S/c1-3-5-9-10(18-17-16-9)8(15-2)6-4-7-11(12,13)14/h8,15H,3-7H2,1-2H3. The van der Waals surface area contributed by atoms with Gasteiger partial charge in [-0.15, -0.1) is 5.10 Å². The Bertz CT molecular complexity index is 352. The molecule has 7 heteroatoms. The van der Waals surface area contributed by atoms with Gasteiger partial charge in [-0.3, -0.25) is 0 Å². The maximum atomic E-state index is 12.1. The van der Waals surface area contributed by atoms with Crippen LogP contribution in [0.3, 0.4) is 0 Å². The van der Waals surface area contributed by atoms with Crippen LogP contribution in [0.25, 0.3) is 0 Å². The maximum Gasteiger partial charge on any atom is 0.389 e. The van der Waals surface area contributed by atoms with E-state index in [2.05, 4.69) is 14.9 Å². The highest BCUT2D eigenvalue weighted by Crippen LogP contribution is 2.29. The molecule has 1 unspecified atom stereocenters. The van der Waals surface area contributed by atoms with Crippen molar-refractivity contribution < 1.29 is 13.2 Å². The van der Waals surface area contributed by atoms with E-state index in [4.69, 9.17) is 0 Å². The number of aromatic nitrogens is 2. The second kappa shape index (κ2) is 7.04. The summed E-state index contributed by atoms with van der Waals surface area (Å²) in [7, 11) is 1.76. The first-order valence-corrected chi connectivity index (χ1v) is 6.80. The predicted molar refractivity (Wildman–Crippen MR) is 65.6 cm³/mol. The average molecular weight is 281 g/mol. The summed E-state index contributed by atoms with van der Waals surface area (Å²) in [6.07, 6.45) is -2.45. The van der Waals surface area contributed by atoms with Gasteiger partial charge in [-0.1, -0.05) is 17.8 Å². The first-order chi connectivity index (χ1) is 8.48. The first-order valence-electron chi connectivity index (χ1n) is 6.03. The summed E-state index contributed by atoms with van der Waals surface area (Å²) >= 11 is 1.28. The molecule has 0 aliphatic rings. The Labute approximate surface area is 109 Å². The van der Waals surface area contributed by atoms with E-state index in [9.17, 15) is 13.2 Å². The molecule has 0 bridgehead atoms. The predicted octanol–water partition coefficient (Wildman–Crippen LogP) is 3.48. The van der Waals surface area contributed by atoms with Gasteiger partial charge in [0.1, 0.15) is 0 Å². The number of rotatable bonds is 7. The fourth-order valence-corrected chi connectivity index (χ4v) is 2.64. The van der Waals surface area contributed by atoms with Gasteiger partial charge in [-0.25, -0.2) is 0 Å². The minimum absolute atomic E-state index is 0.0751. The van der Waals surface area contributed by atoms with Gasteiger partial charge >= 0.3 is 6.18 Å². The molecule has 0 aromatic carbocycles. The largest absolute Gasteiger partial charge is 0.389 e. The number of hydrogen-bond acceptors (Lipinski definition) is 4. The van der Waals surface area contributed by atoms with Gasteiger partial charge in [0.25, 0.3) is 0 Å². The third kappa shape index (κ3) is 4.89. The summed E-state index contributed by atoms with van der Waals surface area (Å²) in [6, 6.07) is -0.0751. The molecule has 1 N–H and O–H groups in total. The van der Waals surface area contributed by atoms with Crippen molar-refractivity contribution in [3.8, 4) is 0 Å². The Morgan fingerprint density at radius 2 is 2.11 bits per heavy atom. The van der Waals surface area contributed by atoms with E-state index in [1.54, 1.807) is 7.05 Å². The second-order valence-corrected chi connectivity index (χ2v) is 4.97. The quantitative estimate of drug-likeness (QED) is 0.831. The molecule has 1 rings (SSSR count). The second-order valence-electron chi connectivity index (χ2n) is 4.18. The zero-order valence-corrected chi connectivity index (χ0v) is 11.4. The lowest BCUT2D eigenvalue weighted by atomic mass is 10.1. The summed E-state index contributed by atoms with van der Waals surface area (Å²) in [6.45, 7) is 2.04. The molecule has 0 fully saturated rings. The van der Waals surface area contributed by atoms with Crippen LogP contribution in [0.2, 0.25) is 0 Å². The van der Waals surface area contributed by atoms with Gasteiger partial charge in [-0.2, -0.15) is 13.2 Å². The molecule has 1 atom stereocenters. The summed E-state index contributed by atoms with van der Waals surface area (Å²) in [5, 5.41) is 7.09. The lowest BCUT2D eigenvalue weighted by Gasteiger charge is -2.15. The summed E-state index contributed by atoms with van der Waals surface area (Å²) in [4.78, 5) is 0.974. The molecule has 1 aromatic rings. The molecule has 0 amide bonds. The number of nitrogens with zero attached hydrogens (tertiary/aromatic N) is 2. The topological polar surface area (TPSA) is 37.8 Å². The van der Waals surface area contributed by atoms with Crippen LogP contribution in [0.15, 0.2) is 0 Å². The van der Waals surface area contributed by atoms with E-state index >= 15 is 0 Å². The Morgan fingerprint density at radius 3 is 2.67 bits per heavy atom. The molecule has 0 aliphatic carbocycles. The van der Waals surface area contributed by atoms with Crippen LogP contribution in [0.4, 0.5) is 13.2 Å². The van der Waals surface area contributed by atoms with Crippen molar-refractivity contribution in [3.05, 3.63) is 10.6 Å². The van der Waals surface area contributed by atoms with Crippen molar-refractivity contribution >= 4 is 11.5 Å². The van der Waals surface area contributed by atoms with Crippen molar-refractivity contribution in [1.29, 1.82) is 0 Å². The van der Waals surface area contributed by atoms with E-state index < -0.39 is 12.6 Å². The fourth-order valence-electron chi connectivity index (χ4n) is 1.80. The van der Waals surface area contributed by atoms with Crippen LogP contribution < -0.4 is 5.32 Å². The van der Waals surface area contributed by atoms with E-state index in [-0.39, 0.29) is 12.5 Å². The van der Waals surface area contributed by atoms with E-state index in [0.717, 1.165) is 23.4 Å². The highest BCUT2D eigenvalue weighted by molar-refractivity contribution is 7.05. The molecular formula is C11H18F3N3S. The van der Waals surface area contributed by atoms with Crippen LogP contribution in [0.1, 0.15) is 49.2 Å². The van der Waals surface area contributed by atoms with Crippen LogP contribution >= 0.6 is 11.5 Å². The summed E-state index contributed by atoms with van der Waals surface area (Å²) in [5.41, 5.74) is 0.911. The monoisotopic (exact) mass is 281 g/mol. The number of aryl methyl sites for hydroxylation is 1. The number of alkyl halides is 3. The zero-order valence-electron chi connectivity index (χ0n) is 10.5. The minimum atomic E-state index is -4.07. The SMILES string of the molecule is CCCc1nnsc1C(CCCC(F)(F)F)NC. The summed E-state index contributed by atoms with van der Waals surface area (Å²) in [5.74, 6) is 0. The van der Waals surface area contributed by atoms with Gasteiger partial charge in [0.15, 0.2) is 0 Å². The molecule has 0 radical (unpaired) electrons. The Balaban J connectivity index is 2.57. The van der Waals surface area contributed by atoms with Gasteiger partial charge in [-0.05, 0) is 37.8 Å². The molecule has 18 heavy (non-hydrogen) atoms. The van der Waals surface area contributed by atoms with Crippen LogP contribution in [-0.4, -0.2) is 22.8 Å². The minimum Gasteiger partial charge on any atom is -0.312 e. The van der Waals surface area contributed by atoms with E-state index in [1.165, 1.54) is 11.5 Å². The third-order valence-corrected chi connectivity index (χ3v) is 3.57.